The summed E-state index contributed by atoms with van der Waals surface area (Å²) in [6, 6.07) is 4.65. The second kappa shape index (κ2) is 9.81. The summed E-state index contributed by atoms with van der Waals surface area (Å²) in [4.78, 5) is 12.0. The van der Waals surface area contributed by atoms with Gasteiger partial charge in [0.15, 0.2) is 0 Å². The third-order valence-electron chi connectivity index (χ3n) is 4.61. The number of carbonyl (C=O) groups excluding carboxylic acids is 1. The van der Waals surface area contributed by atoms with Gasteiger partial charge in [0.1, 0.15) is 0 Å². The minimum Gasteiger partial charge on any atom is -0.356 e. The van der Waals surface area contributed by atoms with E-state index in [4.69, 9.17) is 23.2 Å². The number of nitrogens with zero attached hydrogens (tertiary/aromatic N) is 1. The minimum absolute atomic E-state index is 0.0341. The van der Waals surface area contributed by atoms with E-state index in [-0.39, 0.29) is 18.9 Å². The third-order valence-corrected chi connectivity index (χ3v) is 6.24. The highest BCUT2D eigenvalue weighted by Gasteiger charge is 2.19. The first kappa shape index (κ1) is 21.3. The molecule has 8 heteroatoms. The quantitative estimate of drug-likeness (QED) is 0.683. The number of amides is 1. The van der Waals surface area contributed by atoms with E-state index in [9.17, 15) is 13.2 Å². The summed E-state index contributed by atoms with van der Waals surface area (Å²) < 4.78 is 25.4. The zero-order valence-corrected chi connectivity index (χ0v) is 17.3. The number of halogens is 2. The number of rotatable bonds is 8. The van der Waals surface area contributed by atoms with E-state index in [0.29, 0.717) is 28.1 Å². The van der Waals surface area contributed by atoms with Gasteiger partial charge in [-0.1, -0.05) is 42.5 Å². The lowest BCUT2D eigenvalue weighted by Crippen LogP contribution is -2.33. The molecule has 1 saturated carbocycles. The maximum atomic E-state index is 12.1. The molecule has 0 radical (unpaired) electrons. The maximum Gasteiger partial charge on any atom is 0.232 e. The Balaban J connectivity index is 1.86. The molecule has 5 nitrogen and oxygen atoms in total. The Hall–Kier alpha value is -0.980. The average molecular weight is 421 g/mol. The van der Waals surface area contributed by atoms with E-state index in [2.05, 4.69) is 5.32 Å². The molecule has 2 rings (SSSR count). The number of anilines is 1. The summed E-state index contributed by atoms with van der Waals surface area (Å²) in [5, 5.41) is 3.71. The van der Waals surface area contributed by atoms with Crippen LogP contribution in [0.3, 0.4) is 0 Å². The molecule has 0 aliphatic heterocycles. The van der Waals surface area contributed by atoms with Crippen LogP contribution in [-0.2, 0) is 14.8 Å². The minimum atomic E-state index is -3.49. The summed E-state index contributed by atoms with van der Waals surface area (Å²) in [6.07, 6.45) is 7.97. The van der Waals surface area contributed by atoms with Crippen LogP contribution in [0.2, 0.25) is 10.0 Å². The van der Waals surface area contributed by atoms with Crippen molar-refractivity contribution in [2.24, 2.45) is 5.92 Å². The van der Waals surface area contributed by atoms with Crippen LogP contribution in [0.1, 0.15) is 44.9 Å². The Morgan fingerprint density at radius 3 is 2.35 bits per heavy atom. The highest BCUT2D eigenvalue weighted by Crippen LogP contribution is 2.27. The highest BCUT2D eigenvalue weighted by atomic mass is 35.5. The van der Waals surface area contributed by atoms with E-state index >= 15 is 0 Å². The molecule has 0 bridgehead atoms. The summed E-state index contributed by atoms with van der Waals surface area (Å²) in [5.74, 6) is 0.543. The average Bonchev–Trinajstić information content (AvgIpc) is 2.55. The number of sulfonamides is 1. The first-order valence-corrected chi connectivity index (χ1v) is 11.6. The molecule has 1 aromatic carbocycles. The number of hydrogen-bond donors (Lipinski definition) is 1. The smallest absolute Gasteiger partial charge is 0.232 e. The van der Waals surface area contributed by atoms with E-state index in [1.807, 2.05) is 0 Å². The second-order valence-electron chi connectivity index (χ2n) is 6.87. The zero-order chi connectivity index (χ0) is 19.2. The maximum absolute atomic E-state index is 12.1. The van der Waals surface area contributed by atoms with Gasteiger partial charge in [-0.2, -0.15) is 0 Å². The predicted octanol–water partition coefficient (Wildman–Crippen LogP) is 4.24. The first-order valence-electron chi connectivity index (χ1n) is 8.96. The summed E-state index contributed by atoms with van der Waals surface area (Å²) in [7, 11) is -3.49. The standard InChI is InChI=1S/C18H26Cl2N2O3S/c1-26(24,25)22(17-11-15(19)10-16(20)12-17)9-5-8-18(23)21-13-14-6-3-2-4-7-14/h10-12,14H,2-9,13H2,1H3,(H,21,23). The molecule has 1 N–H and O–H groups in total. The van der Waals surface area contributed by atoms with Crippen molar-refractivity contribution in [1.82, 2.24) is 5.32 Å². The molecule has 1 fully saturated rings. The summed E-state index contributed by atoms with van der Waals surface area (Å²) in [6.45, 7) is 0.922. The predicted molar refractivity (Wildman–Crippen MR) is 107 cm³/mol. The second-order valence-corrected chi connectivity index (χ2v) is 9.65. The lowest BCUT2D eigenvalue weighted by Gasteiger charge is -2.23. The van der Waals surface area contributed by atoms with Crippen molar-refractivity contribution >= 4 is 44.8 Å². The lowest BCUT2D eigenvalue weighted by atomic mass is 9.89. The topological polar surface area (TPSA) is 66.5 Å². The molecule has 1 aliphatic carbocycles. The van der Waals surface area contributed by atoms with Gasteiger partial charge in [-0.3, -0.25) is 9.10 Å². The molecule has 1 aromatic rings. The molecule has 0 saturated heterocycles. The van der Waals surface area contributed by atoms with Gasteiger partial charge in [0.05, 0.1) is 11.9 Å². The van der Waals surface area contributed by atoms with Crippen molar-refractivity contribution in [2.45, 2.75) is 44.9 Å². The Labute approximate surface area is 166 Å². The van der Waals surface area contributed by atoms with Crippen molar-refractivity contribution in [1.29, 1.82) is 0 Å². The Kier molecular flexibility index (Phi) is 8.05. The number of nitrogens with one attached hydrogen (secondary N) is 1. The summed E-state index contributed by atoms with van der Waals surface area (Å²) in [5.41, 5.74) is 0.410. The van der Waals surface area contributed by atoms with E-state index in [1.165, 1.54) is 36.4 Å². The summed E-state index contributed by atoms with van der Waals surface area (Å²) >= 11 is 11.9. The molecule has 0 unspecified atom stereocenters. The first-order chi connectivity index (χ1) is 12.3. The number of carbonyl (C=O) groups is 1. The van der Waals surface area contributed by atoms with Crippen molar-refractivity contribution in [3.63, 3.8) is 0 Å². The van der Waals surface area contributed by atoms with Crippen LogP contribution in [0.4, 0.5) is 5.69 Å². The van der Waals surface area contributed by atoms with Gasteiger partial charge >= 0.3 is 0 Å². The van der Waals surface area contributed by atoms with Gasteiger partial charge in [0.2, 0.25) is 15.9 Å². The van der Waals surface area contributed by atoms with Crippen molar-refractivity contribution in [3.8, 4) is 0 Å². The molecule has 0 atom stereocenters. The highest BCUT2D eigenvalue weighted by molar-refractivity contribution is 7.92. The fourth-order valence-electron chi connectivity index (χ4n) is 3.29. The third kappa shape index (κ3) is 6.97. The van der Waals surface area contributed by atoms with Crippen LogP contribution in [-0.4, -0.2) is 33.7 Å². The van der Waals surface area contributed by atoms with Crippen molar-refractivity contribution in [3.05, 3.63) is 28.2 Å². The molecular weight excluding hydrogens is 395 g/mol. The van der Waals surface area contributed by atoms with Crippen LogP contribution in [0.25, 0.3) is 0 Å². The number of benzene rings is 1. The van der Waals surface area contributed by atoms with E-state index < -0.39 is 10.0 Å². The lowest BCUT2D eigenvalue weighted by molar-refractivity contribution is -0.121. The molecule has 0 heterocycles. The fourth-order valence-corrected chi connectivity index (χ4v) is 4.75. The molecular formula is C18H26Cl2N2O3S. The van der Waals surface area contributed by atoms with Crippen molar-refractivity contribution < 1.29 is 13.2 Å². The monoisotopic (exact) mass is 420 g/mol. The molecule has 26 heavy (non-hydrogen) atoms. The molecule has 0 aromatic heterocycles. The van der Waals surface area contributed by atoms with Crippen LogP contribution in [0, 0.1) is 5.92 Å². The molecule has 1 amide bonds. The Morgan fingerprint density at radius 2 is 1.77 bits per heavy atom. The van der Waals surface area contributed by atoms with Gasteiger partial charge in [0.25, 0.3) is 0 Å². The molecule has 0 spiro atoms. The zero-order valence-electron chi connectivity index (χ0n) is 15.0. The number of hydrogen-bond acceptors (Lipinski definition) is 3. The van der Waals surface area contributed by atoms with Crippen LogP contribution < -0.4 is 9.62 Å². The van der Waals surface area contributed by atoms with Gasteiger partial charge in [0, 0.05) is 29.6 Å². The van der Waals surface area contributed by atoms with E-state index in [1.54, 1.807) is 18.2 Å². The van der Waals surface area contributed by atoms with Gasteiger partial charge < -0.3 is 5.32 Å². The van der Waals surface area contributed by atoms with Crippen LogP contribution in [0.15, 0.2) is 18.2 Å². The van der Waals surface area contributed by atoms with Crippen LogP contribution >= 0.6 is 23.2 Å². The molecule has 146 valence electrons. The van der Waals surface area contributed by atoms with Gasteiger partial charge in [-0.25, -0.2) is 8.42 Å². The normalized spacial score (nSPS) is 15.7. The Morgan fingerprint density at radius 1 is 1.15 bits per heavy atom. The van der Waals surface area contributed by atoms with Crippen molar-refractivity contribution in [2.75, 3.05) is 23.7 Å². The Bertz CT molecular complexity index is 699. The molecule has 1 aliphatic rings. The van der Waals surface area contributed by atoms with Crippen LogP contribution in [0.5, 0.6) is 0 Å². The van der Waals surface area contributed by atoms with Gasteiger partial charge in [-0.05, 0) is 43.4 Å². The fraction of sp³-hybridized carbons (Fsp3) is 0.611. The van der Waals surface area contributed by atoms with E-state index in [0.717, 1.165) is 12.8 Å². The SMILES string of the molecule is CS(=O)(=O)N(CCCC(=O)NCC1CCCCC1)c1cc(Cl)cc(Cl)c1. The largest absolute Gasteiger partial charge is 0.356 e. The van der Waals surface area contributed by atoms with Gasteiger partial charge in [-0.15, -0.1) is 0 Å².